The Hall–Kier alpha value is -1.64. The van der Waals surface area contributed by atoms with Crippen LogP contribution in [-0.4, -0.2) is 9.97 Å². The molecular weight excluding hydrogens is 267 g/mol. The molecule has 0 saturated carbocycles. The maximum absolute atomic E-state index is 6.12. The average molecular weight is 275 g/mol. The van der Waals surface area contributed by atoms with Gasteiger partial charge in [-0.1, -0.05) is 41.4 Å². The lowest BCUT2D eigenvalue weighted by Gasteiger charge is -2.06. The largest absolute Gasteiger partial charge is 0.252 e. The summed E-state index contributed by atoms with van der Waals surface area (Å²) < 4.78 is 0. The summed E-state index contributed by atoms with van der Waals surface area (Å²) in [5.41, 5.74) is 3.56. The maximum atomic E-state index is 6.12. The summed E-state index contributed by atoms with van der Waals surface area (Å²) in [7, 11) is 0. The number of hydrogen-bond donors (Lipinski definition) is 0. The fourth-order valence-corrected chi connectivity index (χ4v) is 2.21. The van der Waals surface area contributed by atoms with E-state index in [9.17, 15) is 0 Å². The average Bonchev–Trinajstić information content (AvgIpc) is 2.41. The van der Waals surface area contributed by atoms with Crippen molar-refractivity contribution in [3.05, 3.63) is 58.8 Å². The van der Waals surface area contributed by atoms with E-state index in [0.717, 1.165) is 16.6 Å². The van der Waals surface area contributed by atoms with Gasteiger partial charge in [0.25, 0.3) is 0 Å². The smallest absolute Gasteiger partial charge is 0.108 e. The van der Waals surface area contributed by atoms with Crippen LogP contribution in [0.5, 0.6) is 0 Å². The number of benzene rings is 2. The molecule has 3 rings (SSSR count). The van der Waals surface area contributed by atoms with Crippen LogP contribution in [0.3, 0.4) is 0 Å². The minimum Gasteiger partial charge on any atom is -0.252 e. The van der Waals surface area contributed by atoms with E-state index in [0.29, 0.717) is 15.6 Å². The van der Waals surface area contributed by atoms with Crippen LogP contribution in [0, 0.1) is 0 Å². The summed E-state index contributed by atoms with van der Waals surface area (Å²) in [6.45, 7) is 0. The molecule has 0 aliphatic rings. The number of hydrogen-bond acceptors (Lipinski definition) is 2. The first-order valence-electron chi connectivity index (χ1n) is 5.41. The van der Waals surface area contributed by atoms with Gasteiger partial charge in [-0.3, -0.25) is 9.97 Å². The molecule has 0 radical (unpaired) electrons. The fraction of sp³-hybridized carbons (Fsp3) is 0. The van der Waals surface area contributed by atoms with Gasteiger partial charge in [-0.2, -0.15) is 0 Å². The van der Waals surface area contributed by atoms with Crippen LogP contribution in [0.2, 0.25) is 10.0 Å². The molecule has 0 bridgehead atoms. The number of aromatic nitrogens is 2. The van der Waals surface area contributed by atoms with Crippen molar-refractivity contribution in [2.45, 2.75) is 0 Å². The predicted octanol–water partition coefficient (Wildman–Crippen LogP) is 4.60. The lowest BCUT2D eigenvalue weighted by atomic mass is 10.0. The van der Waals surface area contributed by atoms with Crippen LogP contribution in [0.25, 0.3) is 22.2 Å². The lowest BCUT2D eigenvalue weighted by molar-refractivity contribution is 1.29. The van der Waals surface area contributed by atoms with Gasteiger partial charge in [-0.15, -0.1) is 0 Å². The fourth-order valence-electron chi connectivity index (χ4n) is 1.89. The molecule has 2 aromatic carbocycles. The van der Waals surface area contributed by atoms with Gasteiger partial charge >= 0.3 is 0 Å². The molecule has 2 nitrogen and oxygen atoms in total. The third kappa shape index (κ3) is 1.94. The van der Waals surface area contributed by atoms with E-state index in [1.165, 1.54) is 0 Å². The van der Waals surface area contributed by atoms with Crippen molar-refractivity contribution in [3.8, 4) is 11.1 Å². The van der Waals surface area contributed by atoms with Gasteiger partial charge in [-0.25, -0.2) is 0 Å². The molecule has 0 N–H and O–H groups in total. The first-order chi connectivity index (χ1) is 8.75. The predicted molar refractivity (Wildman–Crippen MR) is 75.0 cm³/mol. The molecule has 0 saturated heterocycles. The highest BCUT2D eigenvalue weighted by Crippen LogP contribution is 2.30. The summed E-state index contributed by atoms with van der Waals surface area (Å²) in [6.07, 6.45) is 3.30. The summed E-state index contributed by atoms with van der Waals surface area (Å²) in [5.74, 6) is 0. The van der Waals surface area contributed by atoms with Crippen LogP contribution in [0.4, 0.5) is 0 Å². The van der Waals surface area contributed by atoms with Crippen molar-refractivity contribution >= 4 is 34.2 Å². The van der Waals surface area contributed by atoms with Gasteiger partial charge in [0.05, 0.1) is 10.5 Å². The molecule has 1 heterocycles. The third-order valence-electron chi connectivity index (χ3n) is 2.73. The molecule has 0 fully saturated rings. The van der Waals surface area contributed by atoms with Gasteiger partial charge in [0.1, 0.15) is 5.52 Å². The van der Waals surface area contributed by atoms with E-state index < -0.39 is 0 Å². The molecule has 0 aliphatic heterocycles. The Morgan fingerprint density at radius 1 is 0.722 bits per heavy atom. The van der Waals surface area contributed by atoms with Crippen LogP contribution >= 0.6 is 23.2 Å². The van der Waals surface area contributed by atoms with Crippen LogP contribution < -0.4 is 0 Å². The van der Waals surface area contributed by atoms with E-state index in [1.54, 1.807) is 12.4 Å². The molecule has 0 spiro atoms. The number of rotatable bonds is 1. The standard InChI is InChI=1S/C14H8Cl2N2/c15-10-3-1-9(2-4-10)11-5-6-12(16)14-13(11)17-7-8-18-14/h1-8H. The normalized spacial score (nSPS) is 10.8. The van der Waals surface area contributed by atoms with Crippen molar-refractivity contribution in [2.24, 2.45) is 0 Å². The molecule has 0 amide bonds. The van der Waals surface area contributed by atoms with Crippen molar-refractivity contribution < 1.29 is 0 Å². The van der Waals surface area contributed by atoms with Crippen LogP contribution in [0.15, 0.2) is 48.8 Å². The van der Waals surface area contributed by atoms with E-state index in [-0.39, 0.29) is 0 Å². The first kappa shape index (κ1) is 11.5. The highest BCUT2D eigenvalue weighted by Gasteiger charge is 2.08. The second-order valence-electron chi connectivity index (χ2n) is 3.86. The zero-order valence-corrected chi connectivity index (χ0v) is 10.8. The van der Waals surface area contributed by atoms with Crippen molar-refractivity contribution in [1.29, 1.82) is 0 Å². The quantitative estimate of drug-likeness (QED) is 0.648. The van der Waals surface area contributed by atoms with Gasteiger partial charge in [-0.05, 0) is 23.8 Å². The summed E-state index contributed by atoms with van der Waals surface area (Å²) in [6, 6.07) is 11.4. The minimum absolute atomic E-state index is 0.607. The molecule has 0 atom stereocenters. The Labute approximate surface area is 114 Å². The SMILES string of the molecule is Clc1ccc(-c2ccc(Cl)c3nccnc23)cc1. The van der Waals surface area contributed by atoms with Crippen molar-refractivity contribution in [2.75, 3.05) is 0 Å². The van der Waals surface area contributed by atoms with E-state index >= 15 is 0 Å². The van der Waals surface area contributed by atoms with E-state index in [4.69, 9.17) is 23.2 Å². The summed E-state index contributed by atoms with van der Waals surface area (Å²) in [4.78, 5) is 8.62. The Kier molecular flexibility index (Phi) is 2.90. The second kappa shape index (κ2) is 4.56. The Morgan fingerprint density at radius 2 is 1.39 bits per heavy atom. The number of halogens is 2. The topological polar surface area (TPSA) is 25.8 Å². The second-order valence-corrected chi connectivity index (χ2v) is 4.70. The molecule has 0 unspecified atom stereocenters. The van der Waals surface area contributed by atoms with Gasteiger partial charge < -0.3 is 0 Å². The highest BCUT2D eigenvalue weighted by molar-refractivity contribution is 6.35. The summed E-state index contributed by atoms with van der Waals surface area (Å²) in [5, 5.41) is 1.32. The van der Waals surface area contributed by atoms with Crippen molar-refractivity contribution in [1.82, 2.24) is 9.97 Å². The van der Waals surface area contributed by atoms with Gasteiger partial charge in [0, 0.05) is 23.0 Å². The Balaban J connectivity index is 2.30. The lowest BCUT2D eigenvalue weighted by Crippen LogP contribution is -1.88. The number of nitrogens with zero attached hydrogens (tertiary/aromatic N) is 2. The molecule has 3 aromatic rings. The van der Waals surface area contributed by atoms with Gasteiger partial charge in [0.15, 0.2) is 0 Å². The first-order valence-corrected chi connectivity index (χ1v) is 6.16. The van der Waals surface area contributed by atoms with Gasteiger partial charge in [0.2, 0.25) is 0 Å². The Bertz CT molecular complexity index is 709. The number of fused-ring (bicyclic) bond motifs is 1. The molecule has 0 aliphatic carbocycles. The monoisotopic (exact) mass is 274 g/mol. The molecular formula is C14H8Cl2N2. The van der Waals surface area contributed by atoms with Crippen LogP contribution in [-0.2, 0) is 0 Å². The van der Waals surface area contributed by atoms with Crippen LogP contribution in [0.1, 0.15) is 0 Å². The summed E-state index contributed by atoms with van der Waals surface area (Å²) >= 11 is 12.0. The third-order valence-corrected chi connectivity index (χ3v) is 3.29. The minimum atomic E-state index is 0.607. The highest BCUT2D eigenvalue weighted by atomic mass is 35.5. The zero-order valence-electron chi connectivity index (χ0n) is 9.27. The molecule has 4 heteroatoms. The Morgan fingerprint density at radius 3 is 2.11 bits per heavy atom. The zero-order chi connectivity index (χ0) is 12.5. The molecule has 88 valence electrons. The maximum Gasteiger partial charge on any atom is 0.108 e. The van der Waals surface area contributed by atoms with E-state index in [2.05, 4.69) is 9.97 Å². The van der Waals surface area contributed by atoms with E-state index in [1.807, 2.05) is 36.4 Å². The molecule has 1 aromatic heterocycles. The molecule has 18 heavy (non-hydrogen) atoms. The van der Waals surface area contributed by atoms with Crippen molar-refractivity contribution in [3.63, 3.8) is 0 Å².